The monoisotopic (exact) mass is 469 g/mol. The van der Waals surface area contributed by atoms with Crippen LogP contribution >= 0.6 is 22.9 Å². The number of methoxy groups -OCH3 is 1. The number of halogens is 1. The zero-order valence-corrected chi connectivity index (χ0v) is 18.8. The van der Waals surface area contributed by atoms with Gasteiger partial charge < -0.3 is 19.5 Å². The average Bonchev–Trinajstić information content (AvgIpc) is 3.36. The van der Waals surface area contributed by atoms with Gasteiger partial charge in [-0.2, -0.15) is 0 Å². The number of nitrogens with zero attached hydrogens (tertiary/aromatic N) is 3. The van der Waals surface area contributed by atoms with Gasteiger partial charge in [-0.05, 0) is 35.9 Å². The number of phenolic OH excluding ortho intramolecular Hbond substituents is 1. The van der Waals surface area contributed by atoms with Crippen molar-refractivity contribution in [3.63, 3.8) is 0 Å². The Kier molecular flexibility index (Phi) is 5.50. The average molecular weight is 470 g/mol. The summed E-state index contributed by atoms with van der Waals surface area (Å²) in [5.74, 6) is 0.124. The van der Waals surface area contributed by atoms with Crippen LogP contribution in [0.2, 0.25) is 5.02 Å². The van der Waals surface area contributed by atoms with Crippen LogP contribution in [0.25, 0.3) is 22.3 Å². The second kappa shape index (κ2) is 8.46. The number of aromatic hydroxyl groups is 1. The van der Waals surface area contributed by atoms with Crippen LogP contribution < -0.4 is 19.7 Å². The van der Waals surface area contributed by atoms with Gasteiger partial charge >= 0.3 is 0 Å². The van der Waals surface area contributed by atoms with Crippen molar-refractivity contribution >= 4 is 39.7 Å². The van der Waals surface area contributed by atoms with E-state index in [-0.39, 0.29) is 22.1 Å². The molecule has 3 heterocycles. The summed E-state index contributed by atoms with van der Waals surface area (Å²) in [6, 6.07) is 11.4. The number of hydrogen-bond donors (Lipinski definition) is 1. The minimum Gasteiger partial charge on any atom is -0.503 e. The highest BCUT2D eigenvalue weighted by molar-refractivity contribution is 7.15. The summed E-state index contributed by atoms with van der Waals surface area (Å²) >= 11 is 7.36. The Balaban J connectivity index is 1.46. The van der Waals surface area contributed by atoms with Gasteiger partial charge in [-0.3, -0.25) is 9.20 Å². The lowest BCUT2D eigenvalue weighted by Crippen LogP contribution is -2.36. The van der Waals surface area contributed by atoms with Crippen LogP contribution in [0.5, 0.6) is 11.5 Å². The lowest BCUT2D eigenvalue weighted by atomic mass is 10.1. The van der Waals surface area contributed by atoms with E-state index >= 15 is 0 Å². The molecule has 0 amide bonds. The number of ether oxygens (including phenoxy) is 2. The molecule has 0 atom stereocenters. The van der Waals surface area contributed by atoms with Crippen molar-refractivity contribution in [2.45, 2.75) is 0 Å². The summed E-state index contributed by atoms with van der Waals surface area (Å²) in [6.07, 6.45) is 3.48. The van der Waals surface area contributed by atoms with E-state index in [0.29, 0.717) is 15.1 Å². The van der Waals surface area contributed by atoms with E-state index in [1.54, 1.807) is 28.8 Å². The zero-order chi connectivity index (χ0) is 22.2. The van der Waals surface area contributed by atoms with Gasteiger partial charge in [0.25, 0.3) is 5.56 Å². The predicted molar refractivity (Wildman–Crippen MR) is 126 cm³/mol. The molecule has 0 saturated carbocycles. The molecular formula is C23H20ClN3O4S. The van der Waals surface area contributed by atoms with Gasteiger partial charge in [0, 0.05) is 30.5 Å². The molecule has 2 aromatic heterocycles. The molecule has 0 spiro atoms. The smallest absolute Gasteiger partial charge is 0.274 e. The van der Waals surface area contributed by atoms with E-state index in [1.807, 2.05) is 12.1 Å². The minimum atomic E-state index is -0.156. The lowest BCUT2D eigenvalue weighted by molar-refractivity contribution is 0.122. The van der Waals surface area contributed by atoms with Crippen molar-refractivity contribution < 1.29 is 14.6 Å². The Bertz CT molecular complexity index is 1390. The third-order valence-corrected chi connectivity index (χ3v) is 6.68. The molecule has 32 heavy (non-hydrogen) atoms. The number of anilines is 1. The zero-order valence-electron chi connectivity index (χ0n) is 17.2. The third-order valence-electron chi connectivity index (χ3n) is 5.41. The molecule has 1 aliphatic rings. The fraction of sp³-hybridized carbons (Fsp3) is 0.217. The van der Waals surface area contributed by atoms with E-state index in [9.17, 15) is 9.90 Å². The molecule has 9 heteroatoms. The summed E-state index contributed by atoms with van der Waals surface area (Å²) in [5, 5.41) is 10.1. The van der Waals surface area contributed by atoms with Crippen LogP contribution in [0.3, 0.4) is 0 Å². The molecule has 0 bridgehead atoms. The number of benzene rings is 2. The van der Waals surface area contributed by atoms with E-state index in [4.69, 9.17) is 21.1 Å². The van der Waals surface area contributed by atoms with Crippen LogP contribution in [-0.2, 0) is 4.74 Å². The van der Waals surface area contributed by atoms with Crippen LogP contribution in [0.15, 0.2) is 47.4 Å². The van der Waals surface area contributed by atoms with E-state index < -0.39 is 0 Å². The Morgan fingerprint density at radius 1 is 1.22 bits per heavy atom. The van der Waals surface area contributed by atoms with Gasteiger partial charge in [0.2, 0.25) is 0 Å². The molecule has 0 aliphatic carbocycles. The molecular weight excluding hydrogens is 450 g/mol. The van der Waals surface area contributed by atoms with E-state index in [1.165, 1.54) is 18.4 Å². The highest BCUT2D eigenvalue weighted by Crippen LogP contribution is 2.35. The van der Waals surface area contributed by atoms with Crippen LogP contribution in [0.1, 0.15) is 5.56 Å². The first-order valence-corrected chi connectivity index (χ1v) is 11.3. The first-order valence-electron chi connectivity index (χ1n) is 10.1. The Labute approximate surface area is 192 Å². The number of aromatic nitrogens is 2. The van der Waals surface area contributed by atoms with Crippen molar-refractivity contribution in [3.8, 4) is 22.8 Å². The molecule has 0 unspecified atom stereocenters. The minimum absolute atomic E-state index is 0.126. The van der Waals surface area contributed by atoms with Crippen molar-refractivity contribution in [2.24, 2.45) is 0 Å². The summed E-state index contributed by atoms with van der Waals surface area (Å²) in [7, 11) is 1.45. The van der Waals surface area contributed by atoms with Gasteiger partial charge in [0.15, 0.2) is 16.5 Å². The van der Waals surface area contributed by atoms with Crippen molar-refractivity contribution in [2.75, 3.05) is 38.3 Å². The number of imidazole rings is 1. The number of fused-ring (bicyclic) bond motifs is 1. The van der Waals surface area contributed by atoms with Gasteiger partial charge in [-0.15, -0.1) is 0 Å². The van der Waals surface area contributed by atoms with E-state index in [0.717, 1.165) is 43.2 Å². The SMILES string of the molecule is COc1cc(/C=c2\sc3nc(-c4ccc(N5CCOCC5)cc4)cn3c2=O)cc(Cl)c1O. The Morgan fingerprint density at radius 3 is 2.66 bits per heavy atom. The molecule has 5 rings (SSSR count). The highest BCUT2D eigenvalue weighted by Gasteiger charge is 2.14. The Hall–Kier alpha value is -3.07. The number of rotatable bonds is 4. The lowest BCUT2D eigenvalue weighted by Gasteiger charge is -2.28. The van der Waals surface area contributed by atoms with E-state index in [2.05, 4.69) is 22.0 Å². The molecule has 2 aromatic carbocycles. The summed E-state index contributed by atoms with van der Waals surface area (Å²) in [5.41, 5.74) is 3.37. The maximum atomic E-state index is 12.9. The number of morpholine rings is 1. The van der Waals surface area contributed by atoms with Crippen molar-refractivity contribution in [1.29, 1.82) is 0 Å². The molecule has 1 N–H and O–H groups in total. The maximum absolute atomic E-state index is 12.9. The topological polar surface area (TPSA) is 76.3 Å². The second-order valence-electron chi connectivity index (χ2n) is 7.39. The predicted octanol–water partition coefficient (Wildman–Crippen LogP) is 3.17. The summed E-state index contributed by atoms with van der Waals surface area (Å²) < 4.78 is 12.6. The van der Waals surface area contributed by atoms with Gasteiger partial charge in [0.1, 0.15) is 0 Å². The maximum Gasteiger partial charge on any atom is 0.274 e. The summed E-state index contributed by atoms with van der Waals surface area (Å²) in [6.45, 7) is 3.26. The summed E-state index contributed by atoms with van der Waals surface area (Å²) in [4.78, 5) is 20.5. The first-order chi connectivity index (χ1) is 15.5. The quantitative estimate of drug-likeness (QED) is 0.494. The van der Waals surface area contributed by atoms with Crippen molar-refractivity contribution in [3.05, 3.63) is 68.1 Å². The molecule has 164 valence electrons. The highest BCUT2D eigenvalue weighted by atomic mass is 35.5. The fourth-order valence-electron chi connectivity index (χ4n) is 3.72. The molecule has 7 nitrogen and oxygen atoms in total. The molecule has 1 fully saturated rings. The van der Waals surface area contributed by atoms with Gasteiger partial charge in [0.05, 0.1) is 35.6 Å². The standard InChI is InChI=1S/C23H20ClN3O4S/c1-30-19-11-14(10-17(24)21(19)28)12-20-22(29)27-13-18(25-23(27)32-20)15-2-4-16(5-3-15)26-6-8-31-9-7-26/h2-5,10-13,28H,6-9H2,1H3/b20-12-. The Morgan fingerprint density at radius 2 is 1.97 bits per heavy atom. The van der Waals surface area contributed by atoms with Crippen LogP contribution in [0, 0.1) is 0 Å². The molecule has 4 aromatic rings. The van der Waals surface area contributed by atoms with Gasteiger partial charge in [-0.1, -0.05) is 35.1 Å². The normalized spacial score (nSPS) is 14.9. The van der Waals surface area contributed by atoms with Crippen LogP contribution in [-0.4, -0.2) is 47.9 Å². The second-order valence-corrected chi connectivity index (χ2v) is 8.81. The molecule has 1 aliphatic heterocycles. The number of phenols is 1. The van der Waals surface area contributed by atoms with Gasteiger partial charge in [-0.25, -0.2) is 4.98 Å². The van der Waals surface area contributed by atoms with Crippen molar-refractivity contribution in [1.82, 2.24) is 9.38 Å². The third kappa shape index (κ3) is 3.81. The first kappa shape index (κ1) is 20.8. The molecule has 1 saturated heterocycles. The number of thiazole rings is 1. The largest absolute Gasteiger partial charge is 0.503 e. The molecule has 0 radical (unpaired) electrons. The fourth-order valence-corrected chi connectivity index (χ4v) is 4.89. The van der Waals surface area contributed by atoms with Crippen LogP contribution in [0.4, 0.5) is 5.69 Å². The number of hydrogen-bond acceptors (Lipinski definition) is 7.